The first kappa shape index (κ1) is 11.7. The fourth-order valence-corrected chi connectivity index (χ4v) is 2.30. The van der Waals surface area contributed by atoms with Crippen LogP contribution in [-0.2, 0) is 10.8 Å². The van der Waals surface area contributed by atoms with Gasteiger partial charge in [-0.15, -0.1) is 0 Å². The Morgan fingerprint density at radius 1 is 1.53 bits per heavy atom. The molecule has 0 spiro atoms. The van der Waals surface area contributed by atoms with Gasteiger partial charge in [0.2, 0.25) is 0 Å². The third kappa shape index (κ3) is 3.33. The Kier molecular flexibility index (Phi) is 4.25. The number of nitrogens with two attached hydrogens (primary N) is 1. The van der Waals surface area contributed by atoms with Crippen molar-refractivity contribution in [2.45, 2.75) is 17.7 Å². The molecule has 2 N–H and O–H groups in total. The predicted octanol–water partition coefficient (Wildman–Crippen LogP) is 1.82. The SMILES string of the molecule is N#CCCCS(=O)c1cc(F)ccc1N. The standard InChI is InChI=1S/C10H11FN2OS/c11-8-3-4-9(13)10(7-8)15(14)6-2-1-5-12/h3-4,7H,1-2,6,13H2. The van der Waals surface area contributed by atoms with E-state index in [0.717, 1.165) is 0 Å². The zero-order chi connectivity index (χ0) is 11.3. The first-order valence-corrected chi connectivity index (χ1v) is 5.77. The van der Waals surface area contributed by atoms with E-state index < -0.39 is 16.6 Å². The van der Waals surface area contributed by atoms with Gasteiger partial charge in [-0.05, 0) is 24.6 Å². The third-order valence-electron chi connectivity index (χ3n) is 1.84. The van der Waals surface area contributed by atoms with Gasteiger partial charge in [-0.25, -0.2) is 4.39 Å². The van der Waals surface area contributed by atoms with Crippen LogP contribution in [0.1, 0.15) is 12.8 Å². The lowest BCUT2D eigenvalue weighted by molar-refractivity contribution is 0.623. The normalized spacial score (nSPS) is 12.0. The molecule has 0 saturated heterocycles. The molecule has 0 radical (unpaired) electrons. The van der Waals surface area contributed by atoms with Crippen LogP contribution < -0.4 is 5.73 Å². The number of anilines is 1. The molecule has 80 valence electrons. The zero-order valence-corrected chi connectivity index (χ0v) is 8.89. The molecule has 0 saturated carbocycles. The van der Waals surface area contributed by atoms with E-state index in [2.05, 4.69) is 0 Å². The Morgan fingerprint density at radius 2 is 2.27 bits per heavy atom. The number of nitriles is 1. The summed E-state index contributed by atoms with van der Waals surface area (Å²) in [4.78, 5) is 0.313. The highest BCUT2D eigenvalue weighted by molar-refractivity contribution is 7.85. The molecule has 0 aliphatic rings. The number of benzene rings is 1. The van der Waals surface area contributed by atoms with Crippen molar-refractivity contribution < 1.29 is 8.60 Å². The van der Waals surface area contributed by atoms with E-state index in [1.807, 2.05) is 6.07 Å². The maximum Gasteiger partial charge on any atom is 0.124 e. The number of unbranched alkanes of at least 4 members (excludes halogenated alkanes) is 1. The summed E-state index contributed by atoms with van der Waals surface area (Å²) in [5, 5.41) is 8.31. The van der Waals surface area contributed by atoms with E-state index in [1.165, 1.54) is 18.2 Å². The number of halogens is 1. The van der Waals surface area contributed by atoms with Crippen molar-refractivity contribution in [2.24, 2.45) is 0 Å². The zero-order valence-electron chi connectivity index (χ0n) is 8.07. The summed E-state index contributed by atoms with van der Waals surface area (Å²) in [6.07, 6.45) is 0.875. The molecule has 0 heterocycles. The van der Waals surface area contributed by atoms with Gasteiger partial charge in [0.15, 0.2) is 0 Å². The molecule has 3 nitrogen and oxygen atoms in total. The molecule has 1 unspecified atom stereocenters. The molecule has 0 bridgehead atoms. The highest BCUT2D eigenvalue weighted by Crippen LogP contribution is 2.18. The summed E-state index contributed by atoms with van der Waals surface area (Å²) in [5.74, 6) is -0.117. The van der Waals surface area contributed by atoms with Crippen molar-refractivity contribution in [1.29, 1.82) is 5.26 Å². The average molecular weight is 226 g/mol. The second kappa shape index (κ2) is 5.47. The Bertz CT molecular complexity index is 414. The first-order chi connectivity index (χ1) is 7.15. The summed E-state index contributed by atoms with van der Waals surface area (Å²) < 4.78 is 24.5. The maximum absolute atomic E-state index is 12.9. The van der Waals surface area contributed by atoms with Gasteiger partial charge in [-0.3, -0.25) is 4.21 Å². The molecule has 1 atom stereocenters. The number of nitrogens with zero attached hydrogens (tertiary/aromatic N) is 1. The van der Waals surface area contributed by atoms with E-state index in [0.29, 0.717) is 29.2 Å². The number of hydrogen-bond donors (Lipinski definition) is 1. The van der Waals surface area contributed by atoms with Crippen molar-refractivity contribution in [3.8, 4) is 6.07 Å². The molecular formula is C10H11FN2OS. The molecule has 5 heteroatoms. The summed E-state index contributed by atoms with van der Waals surface area (Å²) in [5.41, 5.74) is 5.90. The fourth-order valence-electron chi connectivity index (χ4n) is 1.10. The van der Waals surface area contributed by atoms with Gasteiger partial charge in [0, 0.05) is 17.9 Å². The molecule has 1 aromatic rings. The molecule has 1 rings (SSSR count). The largest absolute Gasteiger partial charge is 0.398 e. The van der Waals surface area contributed by atoms with Crippen LogP contribution in [0.2, 0.25) is 0 Å². The van der Waals surface area contributed by atoms with Gasteiger partial charge in [0.05, 0.1) is 21.8 Å². The number of rotatable bonds is 4. The molecule has 0 amide bonds. The van der Waals surface area contributed by atoms with E-state index in [9.17, 15) is 8.60 Å². The second-order valence-corrected chi connectivity index (χ2v) is 4.53. The van der Waals surface area contributed by atoms with Gasteiger partial charge >= 0.3 is 0 Å². The fraction of sp³-hybridized carbons (Fsp3) is 0.300. The van der Waals surface area contributed by atoms with E-state index >= 15 is 0 Å². The van der Waals surface area contributed by atoms with Gasteiger partial charge in [0.1, 0.15) is 5.82 Å². The van der Waals surface area contributed by atoms with Crippen molar-refractivity contribution >= 4 is 16.5 Å². The monoisotopic (exact) mass is 226 g/mol. The van der Waals surface area contributed by atoms with Crippen molar-refractivity contribution in [3.05, 3.63) is 24.0 Å². The summed E-state index contributed by atoms with van der Waals surface area (Å²) in [6, 6.07) is 5.76. The van der Waals surface area contributed by atoms with Crippen LogP contribution in [0.25, 0.3) is 0 Å². The quantitative estimate of drug-likeness (QED) is 0.629. The van der Waals surface area contributed by atoms with Gasteiger partial charge in [0.25, 0.3) is 0 Å². The number of nitrogen functional groups attached to an aromatic ring is 1. The van der Waals surface area contributed by atoms with Gasteiger partial charge < -0.3 is 5.73 Å². The average Bonchev–Trinajstić information content (AvgIpc) is 2.22. The van der Waals surface area contributed by atoms with E-state index in [-0.39, 0.29) is 0 Å². The molecule has 0 aliphatic heterocycles. The van der Waals surface area contributed by atoms with E-state index in [1.54, 1.807) is 0 Å². The van der Waals surface area contributed by atoms with Gasteiger partial charge in [-0.1, -0.05) is 0 Å². The number of hydrogen-bond acceptors (Lipinski definition) is 3. The minimum absolute atomic E-state index is 0.313. The molecule has 15 heavy (non-hydrogen) atoms. The summed E-state index contributed by atoms with van der Waals surface area (Å²) in [7, 11) is -1.32. The van der Waals surface area contributed by atoms with Crippen LogP contribution in [0.3, 0.4) is 0 Å². The van der Waals surface area contributed by atoms with Crippen LogP contribution in [0.5, 0.6) is 0 Å². The van der Waals surface area contributed by atoms with Crippen molar-refractivity contribution in [1.82, 2.24) is 0 Å². The lowest BCUT2D eigenvalue weighted by atomic mass is 10.3. The molecule has 1 aromatic carbocycles. The maximum atomic E-state index is 12.9. The molecule has 0 fully saturated rings. The minimum atomic E-state index is -1.32. The van der Waals surface area contributed by atoms with Crippen LogP contribution in [0.15, 0.2) is 23.1 Å². The minimum Gasteiger partial charge on any atom is -0.398 e. The highest BCUT2D eigenvalue weighted by Gasteiger charge is 2.08. The van der Waals surface area contributed by atoms with Crippen LogP contribution in [0.4, 0.5) is 10.1 Å². The Morgan fingerprint density at radius 3 is 2.93 bits per heavy atom. The Labute approximate surface area is 90.2 Å². The smallest absolute Gasteiger partial charge is 0.124 e. The highest BCUT2D eigenvalue weighted by atomic mass is 32.2. The second-order valence-electron chi connectivity index (χ2n) is 2.99. The molecule has 0 aromatic heterocycles. The predicted molar refractivity (Wildman–Crippen MR) is 56.9 cm³/mol. The summed E-state index contributed by atoms with van der Waals surface area (Å²) >= 11 is 0. The molecule has 0 aliphatic carbocycles. The Hall–Kier alpha value is -1.41. The van der Waals surface area contributed by atoms with Crippen molar-refractivity contribution in [3.63, 3.8) is 0 Å². The summed E-state index contributed by atoms with van der Waals surface area (Å²) in [6.45, 7) is 0. The first-order valence-electron chi connectivity index (χ1n) is 4.45. The van der Waals surface area contributed by atoms with E-state index in [4.69, 9.17) is 11.0 Å². The van der Waals surface area contributed by atoms with Crippen LogP contribution >= 0.6 is 0 Å². The molecular weight excluding hydrogens is 215 g/mol. The van der Waals surface area contributed by atoms with Crippen molar-refractivity contribution in [2.75, 3.05) is 11.5 Å². The van der Waals surface area contributed by atoms with Gasteiger partial charge in [-0.2, -0.15) is 5.26 Å². The van der Waals surface area contributed by atoms with Crippen LogP contribution in [-0.4, -0.2) is 9.96 Å². The topological polar surface area (TPSA) is 66.9 Å². The third-order valence-corrected chi connectivity index (χ3v) is 3.34. The lowest BCUT2D eigenvalue weighted by Crippen LogP contribution is -2.02. The van der Waals surface area contributed by atoms with Crippen LogP contribution in [0, 0.1) is 17.1 Å². The Balaban J connectivity index is 2.73. The lowest BCUT2D eigenvalue weighted by Gasteiger charge is -2.04.